The zero-order chi connectivity index (χ0) is 19.2. The first-order valence-electron chi connectivity index (χ1n) is 8.29. The van der Waals surface area contributed by atoms with Crippen LogP contribution in [0.2, 0.25) is 0 Å². The molecule has 1 amide bonds. The van der Waals surface area contributed by atoms with E-state index in [4.69, 9.17) is 9.47 Å². The number of carbonyl (C=O) groups excluding carboxylic acids is 1. The lowest BCUT2D eigenvalue weighted by molar-refractivity contribution is 0.102. The quantitative estimate of drug-likeness (QED) is 0.553. The summed E-state index contributed by atoms with van der Waals surface area (Å²) in [6.07, 6.45) is 0.880. The van der Waals surface area contributed by atoms with Gasteiger partial charge in [-0.25, -0.2) is 4.98 Å². The smallest absolute Gasteiger partial charge is 0.258 e. The van der Waals surface area contributed by atoms with E-state index >= 15 is 0 Å². The minimum Gasteiger partial charge on any atom is -0.497 e. The molecular weight excluding hydrogens is 428 g/mol. The average Bonchev–Trinajstić information content (AvgIpc) is 3.15. The van der Waals surface area contributed by atoms with Gasteiger partial charge in [-0.1, -0.05) is 24.3 Å². The van der Waals surface area contributed by atoms with Crippen LogP contribution < -0.4 is 10.1 Å². The molecule has 0 saturated carbocycles. The third-order valence-corrected chi connectivity index (χ3v) is 5.44. The van der Waals surface area contributed by atoms with Crippen LogP contribution in [0.5, 0.6) is 5.75 Å². The van der Waals surface area contributed by atoms with Crippen LogP contribution in [0, 0.1) is 0 Å². The van der Waals surface area contributed by atoms with Crippen LogP contribution in [0.25, 0.3) is 11.3 Å². The van der Waals surface area contributed by atoms with Crippen molar-refractivity contribution < 1.29 is 14.3 Å². The van der Waals surface area contributed by atoms with Crippen LogP contribution in [0.15, 0.2) is 52.3 Å². The lowest BCUT2D eigenvalue weighted by atomic mass is 10.1. The molecule has 1 aromatic heterocycles. The van der Waals surface area contributed by atoms with Crippen molar-refractivity contribution in [3.63, 3.8) is 0 Å². The normalized spacial score (nSPS) is 10.6. The zero-order valence-corrected chi connectivity index (χ0v) is 17.4. The van der Waals surface area contributed by atoms with Crippen LogP contribution in [0.4, 0.5) is 5.13 Å². The van der Waals surface area contributed by atoms with Crippen LogP contribution in [0.3, 0.4) is 0 Å². The molecule has 0 saturated heterocycles. The maximum atomic E-state index is 12.6. The number of rotatable bonds is 7. The number of aromatic nitrogens is 1. The Balaban J connectivity index is 1.71. The Morgan fingerprint density at radius 1 is 1.19 bits per heavy atom. The maximum absolute atomic E-state index is 12.6. The van der Waals surface area contributed by atoms with E-state index in [1.54, 1.807) is 32.4 Å². The van der Waals surface area contributed by atoms with Crippen molar-refractivity contribution in [2.75, 3.05) is 26.1 Å². The molecule has 0 aliphatic carbocycles. The standard InChI is InChI=1S/C20H19BrN2O3S/c1-25-10-9-13-3-5-14(6-4-13)18-12-27-20(22-18)23-19(24)16-11-15(26-2)7-8-17(16)21/h3-8,11-12H,9-10H2,1-2H3,(H,22,23,24). The van der Waals surface area contributed by atoms with Crippen LogP contribution in [0.1, 0.15) is 15.9 Å². The Bertz CT molecular complexity index is 925. The summed E-state index contributed by atoms with van der Waals surface area (Å²) in [4.78, 5) is 17.1. The van der Waals surface area contributed by atoms with Gasteiger partial charge in [-0.2, -0.15) is 0 Å². The Kier molecular flexibility index (Phi) is 6.60. The Labute approximate surface area is 170 Å². The number of anilines is 1. The number of benzene rings is 2. The average molecular weight is 447 g/mol. The fourth-order valence-electron chi connectivity index (χ4n) is 2.50. The number of amides is 1. The van der Waals surface area contributed by atoms with E-state index in [0.29, 0.717) is 27.5 Å². The van der Waals surface area contributed by atoms with E-state index in [2.05, 4.69) is 38.4 Å². The molecule has 7 heteroatoms. The van der Waals surface area contributed by atoms with E-state index in [-0.39, 0.29) is 5.91 Å². The number of ether oxygens (including phenoxy) is 2. The second-order valence-electron chi connectivity index (χ2n) is 5.78. The van der Waals surface area contributed by atoms with Crippen molar-refractivity contribution in [2.45, 2.75) is 6.42 Å². The zero-order valence-electron chi connectivity index (χ0n) is 15.0. The second-order valence-corrected chi connectivity index (χ2v) is 7.49. The highest BCUT2D eigenvalue weighted by atomic mass is 79.9. The van der Waals surface area contributed by atoms with Crippen molar-refractivity contribution >= 4 is 38.3 Å². The summed E-state index contributed by atoms with van der Waals surface area (Å²) in [6.45, 7) is 0.700. The lowest BCUT2D eigenvalue weighted by Crippen LogP contribution is -2.12. The molecule has 3 aromatic rings. The monoisotopic (exact) mass is 446 g/mol. The SMILES string of the molecule is COCCc1ccc(-c2csc(NC(=O)c3cc(OC)ccc3Br)n2)cc1. The molecule has 140 valence electrons. The Hall–Kier alpha value is -2.22. The summed E-state index contributed by atoms with van der Waals surface area (Å²) < 4.78 is 11.0. The molecule has 0 spiro atoms. The molecule has 1 heterocycles. The number of halogens is 1. The van der Waals surface area contributed by atoms with Gasteiger partial charge in [0.1, 0.15) is 5.75 Å². The summed E-state index contributed by atoms with van der Waals surface area (Å²) >= 11 is 4.79. The van der Waals surface area contributed by atoms with Gasteiger partial charge in [-0.15, -0.1) is 11.3 Å². The first-order chi connectivity index (χ1) is 13.1. The summed E-state index contributed by atoms with van der Waals surface area (Å²) in [7, 11) is 3.27. The molecule has 0 aliphatic rings. The molecule has 0 radical (unpaired) electrons. The van der Waals surface area contributed by atoms with Crippen LogP contribution >= 0.6 is 27.3 Å². The second kappa shape index (κ2) is 9.12. The Morgan fingerprint density at radius 2 is 1.96 bits per heavy atom. The summed E-state index contributed by atoms with van der Waals surface area (Å²) in [5.41, 5.74) is 3.55. The maximum Gasteiger partial charge on any atom is 0.258 e. The molecule has 2 aromatic carbocycles. The predicted molar refractivity (Wildman–Crippen MR) is 112 cm³/mol. The molecule has 27 heavy (non-hydrogen) atoms. The molecule has 0 unspecified atom stereocenters. The predicted octanol–water partition coefficient (Wildman–Crippen LogP) is 5.02. The van der Waals surface area contributed by atoms with Gasteiger partial charge in [-0.3, -0.25) is 10.1 Å². The van der Waals surface area contributed by atoms with Crippen molar-refractivity contribution in [1.82, 2.24) is 4.98 Å². The minimum absolute atomic E-state index is 0.239. The van der Waals surface area contributed by atoms with Crippen LogP contribution in [-0.4, -0.2) is 31.7 Å². The number of hydrogen-bond donors (Lipinski definition) is 1. The fraction of sp³-hybridized carbons (Fsp3) is 0.200. The highest BCUT2D eigenvalue weighted by molar-refractivity contribution is 9.10. The van der Waals surface area contributed by atoms with E-state index in [9.17, 15) is 4.79 Å². The number of nitrogens with one attached hydrogen (secondary N) is 1. The van der Waals surface area contributed by atoms with Crippen molar-refractivity contribution in [3.05, 3.63) is 63.4 Å². The van der Waals surface area contributed by atoms with Crippen molar-refractivity contribution in [3.8, 4) is 17.0 Å². The molecule has 0 atom stereocenters. The molecule has 5 nitrogen and oxygen atoms in total. The third kappa shape index (κ3) is 4.94. The number of methoxy groups -OCH3 is 2. The Morgan fingerprint density at radius 3 is 2.67 bits per heavy atom. The molecule has 0 bridgehead atoms. The van der Waals surface area contributed by atoms with Gasteiger partial charge in [0, 0.05) is 22.5 Å². The number of hydrogen-bond acceptors (Lipinski definition) is 5. The first-order valence-corrected chi connectivity index (χ1v) is 9.96. The topological polar surface area (TPSA) is 60.5 Å². The van der Waals surface area contributed by atoms with Gasteiger partial charge >= 0.3 is 0 Å². The largest absolute Gasteiger partial charge is 0.497 e. The van der Waals surface area contributed by atoms with E-state index in [1.807, 2.05) is 17.5 Å². The fourth-order valence-corrected chi connectivity index (χ4v) is 3.64. The summed E-state index contributed by atoms with van der Waals surface area (Å²) in [5, 5.41) is 5.33. The molecule has 3 rings (SSSR count). The van der Waals surface area contributed by atoms with E-state index in [0.717, 1.165) is 17.7 Å². The molecule has 1 N–H and O–H groups in total. The molecule has 0 fully saturated rings. The molecular formula is C20H19BrN2O3S. The van der Waals surface area contributed by atoms with Crippen LogP contribution in [-0.2, 0) is 11.2 Å². The summed E-state index contributed by atoms with van der Waals surface area (Å²) in [6, 6.07) is 13.5. The highest BCUT2D eigenvalue weighted by Gasteiger charge is 2.14. The first kappa shape index (κ1) is 19.5. The van der Waals surface area contributed by atoms with Crippen molar-refractivity contribution in [1.29, 1.82) is 0 Å². The van der Waals surface area contributed by atoms with E-state index < -0.39 is 0 Å². The van der Waals surface area contributed by atoms with Gasteiger partial charge in [0.05, 0.1) is 25.0 Å². The minimum atomic E-state index is -0.239. The van der Waals surface area contributed by atoms with Gasteiger partial charge in [0.2, 0.25) is 0 Å². The number of thiazole rings is 1. The number of nitrogens with zero attached hydrogens (tertiary/aromatic N) is 1. The van der Waals surface area contributed by atoms with Gasteiger partial charge in [0.25, 0.3) is 5.91 Å². The van der Waals surface area contributed by atoms with E-state index in [1.165, 1.54) is 16.9 Å². The number of carbonyl (C=O) groups is 1. The highest BCUT2D eigenvalue weighted by Crippen LogP contribution is 2.27. The van der Waals surface area contributed by atoms with Crippen molar-refractivity contribution in [2.24, 2.45) is 0 Å². The molecule has 0 aliphatic heterocycles. The van der Waals surface area contributed by atoms with Gasteiger partial charge in [0.15, 0.2) is 5.13 Å². The van der Waals surface area contributed by atoms with Gasteiger partial charge < -0.3 is 9.47 Å². The summed E-state index contributed by atoms with van der Waals surface area (Å²) in [5.74, 6) is 0.383. The lowest BCUT2D eigenvalue weighted by Gasteiger charge is -2.07. The third-order valence-electron chi connectivity index (χ3n) is 3.99. The van der Waals surface area contributed by atoms with Gasteiger partial charge in [-0.05, 0) is 46.1 Å².